The van der Waals surface area contributed by atoms with Gasteiger partial charge in [-0.15, -0.1) is 24.0 Å². The van der Waals surface area contributed by atoms with Gasteiger partial charge in [-0.1, -0.05) is 12.1 Å². The van der Waals surface area contributed by atoms with Crippen LogP contribution in [-0.4, -0.2) is 66.2 Å². The van der Waals surface area contributed by atoms with E-state index in [1.165, 1.54) is 0 Å². The predicted molar refractivity (Wildman–Crippen MR) is 129 cm³/mol. The molecule has 166 valence electrons. The van der Waals surface area contributed by atoms with E-state index in [0.29, 0.717) is 23.9 Å². The first-order valence-electron chi connectivity index (χ1n) is 9.90. The lowest BCUT2D eigenvalue weighted by atomic mass is 9.96. The number of benzene rings is 1. The van der Waals surface area contributed by atoms with E-state index < -0.39 is 10.0 Å². The summed E-state index contributed by atoms with van der Waals surface area (Å²) >= 11 is 0. The zero-order chi connectivity index (χ0) is 20.6. The molecule has 1 fully saturated rings. The number of sulfonamides is 1. The Morgan fingerprint density at radius 1 is 1.24 bits per heavy atom. The first kappa shape index (κ1) is 26.1. The van der Waals surface area contributed by atoms with Gasteiger partial charge in [-0.05, 0) is 56.2 Å². The van der Waals surface area contributed by atoms with Gasteiger partial charge < -0.3 is 15.0 Å². The van der Waals surface area contributed by atoms with Crippen LogP contribution in [0.3, 0.4) is 0 Å². The molecule has 1 aliphatic rings. The molecule has 7 nitrogen and oxygen atoms in total. The number of nitrogens with zero attached hydrogens (tertiary/aromatic N) is 2. The Kier molecular flexibility index (Phi) is 11.4. The number of hydrogen-bond donors (Lipinski definition) is 2. The topological polar surface area (TPSA) is 83.0 Å². The first-order valence-corrected chi connectivity index (χ1v) is 11.4. The molecule has 0 spiro atoms. The van der Waals surface area contributed by atoms with Crippen molar-refractivity contribution < 1.29 is 13.2 Å². The van der Waals surface area contributed by atoms with Gasteiger partial charge in [-0.25, -0.2) is 13.1 Å². The largest absolute Gasteiger partial charge is 0.381 e. The van der Waals surface area contributed by atoms with Gasteiger partial charge in [-0.3, -0.25) is 4.99 Å². The standard InChI is InChI=1S/C20H34N4O3S.HI/c1-16-5-6-17(2)19(15-16)28(25,26)23-11-10-22-20(21-3)24(4)12-7-18-8-13-27-14-9-18;/h5-6,15,18,23H,7-14H2,1-4H3,(H,21,22);1H. The third-order valence-electron chi connectivity index (χ3n) is 5.12. The van der Waals surface area contributed by atoms with Crippen LogP contribution in [0.5, 0.6) is 0 Å². The number of ether oxygens (including phenoxy) is 1. The highest BCUT2D eigenvalue weighted by Gasteiger charge is 2.17. The van der Waals surface area contributed by atoms with E-state index >= 15 is 0 Å². The minimum Gasteiger partial charge on any atom is -0.381 e. The molecular formula is C20H35IN4O3S. The number of nitrogens with one attached hydrogen (secondary N) is 2. The number of rotatable bonds is 8. The first-order chi connectivity index (χ1) is 13.3. The van der Waals surface area contributed by atoms with Crippen molar-refractivity contribution in [3.63, 3.8) is 0 Å². The van der Waals surface area contributed by atoms with Crippen molar-refractivity contribution in [1.82, 2.24) is 14.9 Å². The second-order valence-corrected chi connectivity index (χ2v) is 9.14. The molecule has 0 aromatic heterocycles. The molecule has 0 amide bonds. The van der Waals surface area contributed by atoms with Crippen molar-refractivity contribution in [3.05, 3.63) is 29.3 Å². The van der Waals surface area contributed by atoms with Gasteiger partial charge in [0.25, 0.3) is 0 Å². The maximum absolute atomic E-state index is 12.5. The molecule has 0 radical (unpaired) electrons. The summed E-state index contributed by atoms with van der Waals surface area (Å²) in [7, 11) is 0.234. The summed E-state index contributed by atoms with van der Waals surface area (Å²) in [6.07, 6.45) is 3.36. The molecule has 1 heterocycles. The smallest absolute Gasteiger partial charge is 0.240 e. The van der Waals surface area contributed by atoms with Crippen molar-refractivity contribution in [3.8, 4) is 0 Å². The minimum atomic E-state index is -3.52. The average molecular weight is 538 g/mol. The summed E-state index contributed by atoms with van der Waals surface area (Å²) in [6, 6.07) is 5.45. The molecule has 0 unspecified atom stereocenters. The van der Waals surface area contributed by atoms with Crippen molar-refractivity contribution in [2.75, 3.05) is 46.9 Å². The zero-order valence-electron chi connectivity index (χ0n) is 17.9. The van der Waals surface area contributed by atoms with Crippen LogP contribution in [-0.2, 0) is 14.8 Å². The lowest BCUT2D eigenvalue weighted by Gasteiger charge is -2.26. The maximum atomic E-state index is 12.5. The van der Waals surface area contributed by atoms with Crippen molar-refractivity contribution in [2.45, 2.75) is 38.0 Å². The van der Waals surface area contributed by atoms with Gasteiger partial charge in [0.1, 0.15) is 0 Å². The Morgan fingerprint density at radius 3 is 2.59 bits per heavy atom. The van der Waals surface area contributed by atoms with E-state index in [9.17, 15) is 8.42 Å². The second-order valence-electron chi connectivity index (χ2n) is 7.41. The highest BCUT2D eigenvalue weighted by Crippen LogP contribution is 2.18. The summed E-state index contributed by atoms with van der Waals surface area (Å²) in [5, 5.41) is 3.23. The third-order valence-corrected chi connectivity index (χ3v) is 6.72. The van der Waals surface area contributed by atoms with Crippen molar-refractivity contribution in [1.29, 1.82) is 0 Å². The van der Waals surface area contributed by atoms with Crippen molar-refractivity contribution >= 4 is 40.0 Å². The van der Waals surface area contributed by atoms with Crippen LogP contribution in [0.1, 0.15) is 30.4 Å². The second kappa shape index (κ2) is 12.7. The fourth-order valence-corrected chi connectivity index (χ4v) is 4.70. The van der Waals surface area contributed by atoms with E-state index in [4.69, 9.17) is 4.74 Å². The predicted octanol–water partition coefficient (Wildman–Crippen LogP) is 2.52. The molecule has 2 rings (SSSR count). The fourth-order valence-electron chi connectivity index (χ4n) is 3.34. The van der Waals surface area contributed by atoms with Crippen molar-refractivity contribution in [2.24, 2.45) is 10.9 Å². The molecule has 29 heavy (non-hydrogen) atoms. The highest BCUT2D eigenvalue weighted by atomic mass is 127. The molecule has 9 heteroatoms. The molecule has 0 aliphatic carbocycles. The van der Waals surface area contributed by atoms with Crippen LogP contribution in [0.25, 0.3) is 0 Å². The van der Waals surface area contributed by atoms with Crippen LogP contribution < -0.4 is 10.0 Å². The SMILES string of the molecule is CN=C(NCCNS(=O)(=O)c1cc(C)ccc1C)N(C)CCC1CCOCC1.I. The van der Waals surface area contributed by atoms with Gasteiger partial charge in [0.05, 0.1) is 4.90 Å². The number of hydrogen-bond acceptors (Lipinski definition) is 4. The van der Waals surface area contributed by atoms with E-state index in [2.05, 4.69) is 19.9 Å². The molecule has 0 saturated carbocycles. The molecule has 1 saturated heterocycles. The monoisotopic (exact) mass is 538 g/mol. The van der Waals surface area contributed by atoms with E-state index in [-0.39, 0.29) is 24.0 Å². The summed E-state index contributed by atoms with van der Waals surface area (Å²) in [4.78, 5) is 6.73. The van der Waals surface area contributed by atoms with Gasteiger partial charge in [0.15, 0.2) is 5.96 Å². The fraction of sp³-hybridized carbons (Fsp3) is 0.650. The maximum Gasteiger partial charge on any atom is 0.240 e. The van der Waals surface area contributed by atoms with E-state index in [0.717, 1.165) is 56.1 Å². The van der Waals surface area contributed by atoms with E-state index in [1.807, 2.05) is 33.0 Å². The molecule has 1 aromatic carbocycles. The molecule has 1 aromatic rings. The number of guanidine groups is 1. The third kappa shape index (κ3) is 8.39. The Hall–Kier alpha value is -0.910. The Morgan fingerprint density at radius 2 is 1.93 bits per heavy atom. The van der Waals surface area contributed by atoms with Gasteiger partial charge in [0, 0.05) is 46.9 Å². The Bertz CT molecular complexity index is 765. The molecule has 0 atom stereocenters. The lowest BCUT2D eigenvalue weighted by molar-refractivity contribution is 0.0625. The Balaban J connectivity index is 0.00000420. The summed E-state index contributed by atoms with van der Waals surface area (Å²) in [5.41, 5.74) is 1.67. The van der Waals surface area contributed by atoms with E-state index in [1.54, 1.807) is 13.1 Å². The molecule has 1 aliphatic heterocycles. The summed E-state index contributed by atoms with van der Waals surface area (Å²) < 4.78 is 33.2. The number of aryl methyl sites for hydroxylation is 2. The Labute approximate surface area is 192 Å². The summed E-state index contributed by atoms with van der Waals surface area (Å²) in [5.74, 6) is 1.48. The highest BCUT2D eigenvalue weighted by molar-refractivity contribution is 14.0. The van der Waals surface area contributed by atoms with Crippen LogP contribution >= 0.6 is 24.0 Å². The van der Waals surface area contributed by atoms with Crippen LogP contribution in [0.15, 0.2) is 28.1 Å². The normalized spacial score (nSPS) is 15.7. The number of aliphatic imine (C=N–C) groups is 1. The molecule has 0 bridgehead atoms. The van der Waals surface area contributed by atoms with Gasteiger partial charge in [-0.2, -0.15) is 0 Å². The molecular weight excluding hydrogens is 503 g/mol. The quantitative estimate of drug-likeness (QED) is 0.230. The average Bonchev–Trinajstić information content (AvgIpc) is 2.68. The van der Waals surface area contributed by atoms with Crippen LogP contribution in [0, 0.1) is 19.8 Å². The van der Waals surface area contributed by atoms with Crippen LogP contribution in [0.4, 0.5) is 0 Å². The number of halogens is 1. The lowest BCUT2D eigenvalue weighted by Crippen LogP contribution is -2.43. The van der Waals surface area contributed by atoms with Gasteiger partial charge in [0.2, 0.25) is 10.0 Å². The van der Waals surface area contributed by atoms with Gasteiger partial charge >= 0.3 is 0 Å². The summed E-state index contributed by atoms with van der Waals surface area (Å²) in [6.45, 7) is 7.10. The minimum absolute atomic E-state index is 0. The van der Waals surface area contributed by atoms with Crippen LogP contribution in [0.2, 0.25) is 0 Å². The zero-order valence-corrected chi connectivity index (χ0v) is 21.0. The molecule has 2 N–H and O–H groups in total.